The van der Waals surface area contributed by atoms with Gasteiger partial charge in [-0.3, -0.25) is 0 Å². The van der Waals surface area contributed by atoms with E-state index in [2.05, 4.69) is 26.4 Å². The molecule has 0 unspecified atom stereocenters. The lowest BCUT2D eigenvalue weighted by molar-refractivity contribution is 0.340. The van der Waals surface area contributed by atoms with Gasteiger partial charge in [-0.05, 0) is 38.3 Å². The molecular formula is C14H19N5. The third-order valence-electron chi connectivity index (χ3n) is 4.39. The van der Waals surface area contributed by atoms with Crippen molar-refractivity contribution in [3.05, 3.63) is 24.2 Å². The lowest BCUT2D eigenvalue weighted by Gasteiger charge is -2.24. The van der Waals surface area contributed by atoms with Crippen LogP contribution in [0.4, 0.5) is 5.82 Å². The van der Waals surface area contributed by atoms with Gasteiger partial charge in [-0.25, -0.2) is 9.50 Å². The van der Waals surface area contributed by atoms with Crippen molar-refractivity contribution in [3.8, 4) is 0 Å². The first-order valence-corrected chi connectivity index (χ1v) is 7.10. The molecule has 0 aromatic carbocycles. The first-order chi connectivity index (χ1) is 9.31. The molecule has 1 N–H and O–H groups in total. The molecule has 2 fully saturated rings. The van der Waals surface area contributed by atoms with Crippen molar-refractivity contribution in [2.45, 2.75) is 25.8 Å². The maximum atomic E-state index is 4.60. The zero-order chi connectivity index (χ0) is 12.8. The SMILES string of the molecule is Cc1cc2c(N3C[C@@H]4CCCN[C@@H]4C3)nccn2n1. The monoisotopic (exact) mass is 257 g/mol. The van der Waals surface area contributed by atoms with E-state index in [4.69, 9.17) is 0 Å². The average Bonchev–Trinajstić information content (AvgIpc) is 2.99. The molecule has 100 valence electrons. The topological polar surface area (TPSA) is 45.5 Å². The number of nitrogens with one attached hydrogen (secondary N) is 1. The third kappa shape index (κ3) is 1.80. The molecule has 4 heterocycles. The number of hydrogen-bond donors (Lipinski definition) is 1. The quantitative estimate of drug-likeness (QED) is 0.834. The summed E-state index contributed by atoms with van der Waals surface area (Å²) in [4.78, 5) is 7.02. The second-order valence-electron chi connectivity index (χ2n) is 5.73. The van der Waals surface area contributed by atoms with Gasteiger partial charge in [0.2, 0.25) is 0 Å². The Hall–Kier alpha value is -1.62. The molecular weight excluding hydrogens is 238 g/mol. The van der Waals surface area contributed by atoms with Gasteiger partial charge in [-0.1, -0.05) is 0 Å². The molecule has 0 aliphatic carbocycles. The van der Waals surface area contributed by atoms with Crippen molar-refractivity contribution in [1.29, 1.82) is 0 Å². The lowest BCUT2D eigenvalue weighted by atomic mass is 9.94. The van der Waals surface area contributed by atoms with Crippen LogP contribution in [0.5, 0.6) is 0 Å². The number of fused-ring (bicyclic) bond motifs is 2. The Kier molecular flexibility index (Phi) is 2.48. The van der Waals surface area contributed by atoms with Crippen LogP contribution >= 0.6 is 0 Å². The predicted octanol–water partition coefficient (Wildman–Crippen LogP) is 1.23. The van der Waals surface area contributed by atoms with Crippen LogP contribution < -0.4 is 10.2 Å². The second-order valence-corrected chi connectivity index (χ2v) is 5.73. The number of nitrogens with zero attached hydrogens (tertiary/aromatic N) is 4. The van der Waals surface area contributed by atoms with Crippen molar-refractivity contribution in [1.82, 2.24) is 19.9 Å². The number of piperidine rings is 1. The van der Waals surface area contributed by atoms with Crippen LogP contribution in [-0.2, 0) is 0 Å². The van der Waals surface area contributed by atoms with Crippen LogP contribution in [0.1, 0.15) is 18.5 Å². The van der Waals surface area contributed by atoms with Gasteiger partial charge in [0.15, 0.2) is 5.82 Å². The number of hydrogen-bond acceptors (Lipinski definition) is 4. The van der Waals surface area contributed by atoms with Gasteiger partial charge in [0, 0.05) is 31.5 Å². The summed E-state index contributed by atoms with van der Waals surface area (Å²) < 4.78 is 1.94. The van der Waals surface area contributed by atoms with Crippen molar-refractivity contribution >= 4 is 11.3 Å². The minimum absolute atomic E-state index is 0.639. The van der Waals surface area contributed by atoms with Crippen LogP contribution in [0.2, 0.25) is 0 Å². The number of anilines is 1. The first kappa shape index (κ1) is 11.2. The third-order valence-corrected chi connectivity index (χ3v) is 4.39. The maximum Gasteiger partial charge on any atom is 0.154 e. The Labute approximate surface area is 112 Å². The van der Waals surface area contributed by atoms with E-state index >= 15 is 0 Å². The molecule has 2 aromatic heterocycles. The summed E-state index contributed by atoms with van der Waals surface area (Å²) in [6.07, 6.45) is 6.42. The molecule has 2 aromatic rings. The van der Waals surface area contributed by atoms with Gasteiger partial charge >= 0.3 is 0 Å². The fourth-order valence-electron chi connectivity index (χ4n) is 3.49. The minimum Gasteiger partial charge on any atom is -0.353 e. The molecule has 0 bridgehead atoms. The summed E-state index contributed by atoms with van der Waals surface area (Å²) in [5, 5.41) is 8.11. The van der Waals surface area contributed by atoms with Crippen LogP contribution in [0.15, 0.2) is 18.5 Å². The van der Waals surface area contributed by atoms with E-state index in [0.717, 1.165) is 36.0 Å². The summed E-state index contributed by atoms with van der Waals surface area (Å²) in [6, 6.07) is 2.76. The van der Waals surface area contributed by atoms with Crippen LogP contribution in [0, 0.1) is 12.8 Å². The fourth-order valence-corrected chi connectivity index (χ4v) is 3.49. The van der Waals surface area contributed by atoms with Crippen LogP contribution in [0.25, 0.3) is 5.52 Å². The van der Waals surface area contributed by atoms with Crippen molar-refractivity contribution in [3.63, 3.8) is 0 Å². The Morgan fingerprint density at radius 1 is 1.37 bits per heavy atom. The Morgan fingerprint density at radius 3 is 3.21 bits per heavy atom. The van der Waals surface area contributed by atoms with E-state index in [1.807, 2.05) is 23.8 Å². The molecule has 2 aliphatic rings. The number of rotatable bonds is 1. The van der Waals surface area contributed by atoms with Crippen molar-refractivity contribution in [2.75, 3.05) is 24.5 Å². The highest BCUT2D eigenvalue weighted by Crippen LogP contribution is 2.30. The summed E-state index contributed by atoms with van der Waals surface area (Å²) in [6.45, 7) is 5.39. The average molecular weight is 257 g/mol. The Balaban J connectivity index is 1.71. The van der Waals surface area contributed by atoms with Gasteiger partial charge in [-0.15, -0.1) is 0 Å². The highest BCUT2D eigenvalue weighted by atomic mass is 15.3. The molecule has 2 atom stereocenters. The summed E-state index contributed by atoms with van der Waals surface area (Å²) in [5.41, 5.74) is 2.17. The number of aromatic nitrogens is 3. The normalized spacial score (nSPS) is 26.9. The highest BCUT2D eigenvalue weighted by molar-refractivity contribution is 5.69. The zero-order valence-electron chi connectivity index (χ0n) is 11.2. The molecule has 2 saturated heterocycles. The Morgan fingerprint density at radius 2 is 2.32 bits per heavy atom. The molecule has 0 radical (unpaired) electrons. The largest absolute Gasteiger partial charge is 0.353 e. The summed E-state index contributed by atoms with van der Waals surface area (Å²) in [5.74, 6) is 1.86. The van der Waals surface area contributed by atoms with Gasteiger partial charge in [0.25, 0.3) is 0 Å². The summed E-state index contributed by atoms with van der Waals surface area (Å²) in [7, 11) is 0. The zero-order valence-corrected chi connectivity index (χ0v) is 11.2. The molecule has 0 saturated carbocycles. The highest BCUT2D eigenvalue weighted by Gasteiger charge is 2.35. The van der Waals surface area contributed by atoms with Crippen molar-refractivity contribution in [2.24, 2.45) is 5.92 Å². The van der Waals surface area contributed by atoms with E-state index in [-0.39, 0.29) is 0 Å². The Bertz CT molecular complexity index is 591. The van der Waals surface area contributed by atoms with Crippen LogP contribution in [-0.4, -0.2) is 40.3 Å². The van der Waals surface area contributed by atoms with Gasteiger partial charge in [0.1, 0.15) is 5.52 Å². The summed E-state index contributed by atoms with van der Waals surface area (Å²) >= 11 is 0. The predicted molar refractivity (Wildman–Crippen MR) is 74.5 cm³/mol. The van der Waals surface area contributed by atoms with E-state index in [0.29, 0.717) is 6.04 Å². The lowest BCUT2D eigenvalue weighted by Crippen LogP contribution is -2.40. The molecule has 0 amide bonds. The molecule has 4 rings (SSSR count). The first-order valence-electron chi connectivity index (χ1n) is 7.10. The smallest absolute Gasteiger partial charge is 0.154 e. The van der Waals surface area contributed by atoms with Gasteiger partial charge < -0.3 is 10.2 Å². The molecule has 5 nitrogen and oxygen atoms in total. The van der Waals surface area contributed by atoms with Gasteiger partial charge in [0.05, 0.1) is 5.69 Å². The molecule has 5 heteroatoms. The molecule has 2 aliphatic heterocycles. The number of aryl methyl sites for hydroxylation is 1. The van der Waals surface area contributed by atoms with E-state index in [1.165, 1.54) is 19.4 Å². The maximum absolute atomic E-state index is 4.60. The standard InChI is InChI=1S/C14H19N5/c1-10-7-13-14(16-5-6-19(13)17-10)18-8-11-3-2-4-15-12(11)9-18/h5-7,11-12,15H,2-4,8-9H2,1H3/t11-,12+/m0/s1. The van der Waals surface area contributed by atoms with Crippen molar-refractivity contribution < 1.29 is 0 Å². The second kappa shape index (κ2) is 4.20. The van der Waals surface area contributed by atoms with Gasteiger partial charge in [-0.2, -0.15) is 5.10 Å². The van der Waals surface area contributed by atoms with Crippen LogP contribution in [0.3, 0.4) is 0 Å². The fraction of sp³-hybridized carbons (Fsp3) is 0.571. The van der Waals surface area contributed by atoms with E-state index in [9.17, 15) is 0 Å². The molecule has 19 heavy (non-hydrogen) atoms. The molecule has 0 spiro atoms. The van der Waals surface area contributed by atoms with E-state index < -0.39 is 0 Å². The van der Waals surface area contributed by atoms with E-state index in [1.54, 1.807) is 0 Å². The minimum atomic E-state index is 0.639.